The molecule has 5 nitrogen and oxygen atoms in total. The number of amides is 1. The Hall–Kier alpha value is -1.40. The van der Waals surface area contributed by atoms with Gasteiger partial charge in [-0.1, -0.05) is 19.3 Å². The van der Waals surface area contributed by atoms with Crippen LogP contribution in [-0.4, -0.2) is 34.2 Å². The van der Waals surface area contributed by atoms with E-state index in [1.807, 2.05) is 0 Å². The van der Waals surface area contributed by atoms with Crippen LogP contribution in [0.4, 0.5) is 13.6 Å². The number of rotatable bonds is 3. The van der Waals surface area contributed by atoms with Crippen molar-refractivity contribution in [3.8, 4) is 0 Å². The Kier molecular flexibility index (Phi) is 4.61. The molecule has 0 bridgehead atoms. The van der Waals surface area contributed by atoms with Gasteiger partial charge < -0.3 is 15.2 Å². The molecule has 116 valence electrons. The number of alkyl halides is 2. The lowest BCUT2D eigenvalue weighted by atomic mass is 9.77. The summed E-state index contributed by atoms with van der Waals surface area (Å²) in [6, 6.07) is 0. The maximum Gasteiger partial charge on any atom is 0.408 e. The monoisotopic (exact) mass is 293 g/mol. The highest BCUT2D eigenvalue weighted by Crippen LogP contribution is 2.41. The third kappa shape index (κ3) is 3.58. The van der Waals surface area contributed by atoms with Crippen LogP contribution in [0.15, 0.2) is 0 Å². The SMILES string of the molecule is CC(C)(C)OC(=O)NC1(C(F)(F)C(=O)O)CCCCC1. The minimum atomic E-state index is -4.02. The molecule has 0 atom stereocenters. The van der Waals surface area contributed by atoms with Crippen molar-refractivity contribution in [1.82, 2.24) is 5.32 Å². The minimum Gasteiger partial charge on any atom is -0.477 e. The molecule has 0 aromatic carbocycles. The van der Waals surface area contributed by atoms with Crippen molar-refractivity contribution in [2.45, 2.75) is 69.9 Å². The lowest BCUT2D eigenvalue weighted by Gasteiger charge is -2.41. The fraction of sp³-hybridized carbons (Fsp3) is 0.846. The van der Waals surface area contributed by atoms with Gasteiger partial charge in [0.1, 0.15) is 11.1 Å². The second-order valence-electron chi connectivity index (χ2n) is 6.15. The number of carboxylic acids is 1. The van der Waals surface area contributed by atoms with Gasteiger partial charge in [-0.05, 0) is 33.6 Å². The summed E-state index contributed by atoms with van der Waals surface area (Å²) >= 11 is 0. The Morgan fingerprint density at radius 1 is 1.15 bits per heavy atom. The van der Waals surface area contributed by atoms with Crippen LogP contribution < -0.4 is 5.32 Å². The average Bonchev–Trinajstić information content (AvgIpc) is 2.26. The van der Waals surface area contributed by atoms with Crippen LogP contribution >= 0.6 is 0 Å². The standard InChI is InChI=1S/C13H21F2NO4/c1-11(2,3)20-10(19)16-12(7-5-4-6-8-12)13(14,15)9(17)18/h4-8H2,1-3H3,(H,16,19)(H,17,18). The first-order chi connectivity index (χ1) is 9.00. The molecule has 1 amide bonds. The Morgan fingerprint density at radius 2 is 1.65 bits per heavy atom. The van der Waals surface area contributed by atoms with Gasteiger partial charge in [-0.25, -0.2) is 9.59 Å². The smallest absolute Gasteiger partial charge is 0.408 e. The number of aliphatic carboxylic acids is 1. The lowest BCUT2D eigenvalue weighted by molar-refractivity contribution is -0.181. The summed E-state index contributed by atoms with van der Waals surface area (Å²) in [5.74, 6) is -6.25. The van der Waals surface area contributed by atoms with Gasteiger partial charge in [0, 0.05) is 0 Å². The first-order valence-corrected chi connectivity index (χ1v) is 6.63. The highest BCUT2D eigenvalue weighted by molar-refractivity contribution is 5.79. The summed E-state index contributed by atoms with van der Waals surface area (Å²) in [4.78, 5) is 22.6. The van der Waals surface area contributed by atoms with E-state index in [9.17, 15) is 18.4 Å². The Bertz CT molecular complexity index is 384. The van der Waals surface area contributed by atoms with Gasteiger partial charge in [-0.15, -0.1) is 0 Å². The van der Waals surface area contributed by atoms with Crippen LogP contribution in [0.1, 0.15) is 52.9 Å². The fourth-order valence-corrected chi connectivity index (χ4v) is 2.38. The average molecular weight is 293 g/mol. The maximum absolute atomic E-state index is 14.0. The van der Waals surface area contributed by atoms with E-state index in [0.29, 0.717) is 12.8 Å². The van der Waals surface area contributed by atoms with Crippen LogP contribution in [-0.2, 0) is 9.53 Å². The first-order valence-electron chi connectivity index (χ1n) is 6.63. The summed E-state index contributed by atoms with van der Waals surface area (Å²) in [7, 11) is 0. The van der Waals surface area contributed by atoms with E-state index in [1.54, 1.807) is 20.8 Å². The summed E-state index contributed by atoms with van der Waals surface area (Å²) in [5.41, 5.74) is -2.90. The van der Waals surface area contributed by atoms with Crippen molar-refractivity contribution >= 4 is 12.1 Å². The van der Waals surface area contributed by atoms with E-state index in [-0.39, 0.29) is 12.8 Å². The summed E-state index contributed by atoms with van der Waals surface area (Å²) in [5, 5.41) is 10.9. The number of hydrogen-bond donors (Lipinski definition) is 2. The van der Waals surface area contributed by atoms with E-state index >= 15 is 0 Å². The van der Waals surface area contributed by atoms with Gasteiger partial charge in [-0.3, -0.25) is 0 Å². The van der Waals surface area contributed by atoms with Crippen molar-refractivity contribution in [2.24, 2.45) is 0 Å². The molecule has 20 heavy (non-hydrogen) atoms. The van der Waals surface area contributed by atoms with Gasteiger partial charge in [0.05, 0.1) is 0 Å². The predicted molar refractivity (Wildman–Crippen MR) is 67.8 cm³/mol. The second-order valence-corrected chi connectivity index (χ2v) is 6.15. The normalized spacial score (nSPS) is 19.2. The van der Waals surface area contributed by atoms with Crippen molar-refractivity contribution in [3.05, 3.63) is 0 Å². The first kappa shape index (κ1) is 16.7. The van der Waals surface area contributed by atoms with Crippen LogP contribution in [0.25, 0.3) is 0 Å². The number of carbonyl (C=O) groups excluding carboxylic acids is 1. The van der Waals surface area contributed by atoms with E-state index in [4.69, 9.17) is 9.84 Å². The summed E-state index contributed by atoms with van der Waals surface area (Å²) in [6.07, 6.45) is 0.460. The number of ether oxygens (including phenoxy) is 1. The lowest BCUT2D eigenvalue weighted by Crippen LogP contribution is -2.64. The highest BCUT2D eigenvalue weighted by Gasteiger charge is 2.60. The van der Waals surface area contributed by atoms with Gasteiger partial charge >= 0.3 is 18.0 Å². The molecule has 0 aromatic heterocycles. The van der Waals surface area contributed by atoms with Crippen molar-refractivity contribution in [3.63, 3.8) is 0 Å². The molecular formula is C13H21F2NO4. The molecule has 1 aliphatic carbocycles. The van der Waals surface area contributed by atoms with E-state index in [1.165, 1.54) is 0 Å². The number of nitrogens with one attached hydrogen (secondary N) is 1. The van der Waals surface area contributed by atoms with Gasteiger partial charge in [0.2, 0.25) is 0 Å². The van der Waals surface area contributed by atoms with Crippen LogP contribution in [0.2, 0.25) is 0 Å². The number of alkyl carbamates (subject to hydrolysis) is 1. The molecule has 0 radical (unpaired) electrons. The zero-order valence-corrected chi connectivity index (χ0v) is 12.0. The van der Waals surface area contributed by atoms with Crippen molar-refractivity contribution in [2.75, 3.05) is 0 Å². The fourth-order valence-electron chi connectivity index (χ4n) is 2.38. The zero-order valence-electron chi connectivity index (χ0n) is 12.0. The molecule has 0 heterocycles. The predicted octanol–water partition coefficient (Wildman–Crippen LogP) is 2.93. The molecule has 1 aliphatic rings. The maximum atomic E-state index is 14.0. The zero-order chi connectivity index (χ0) is 15.6. The molecule has 0 saturated heterocycles. The van der Waals surface area contributed by atoms with E-state index < -0.39 is 29.1 Å². The molecule has 2 N–H and O–H groups in total. The van der Waals surface area contributed by atoms with Crippen LogP contribution in [0.5, 0.6) is 0 Å². The quantitative estimate of drug-likeness (QED) is 0.839. The summed E-state index contributed by atoms with van der Waals surface area (Å²) < 4.78 is 33.0. The molecule has 1 saturated carbocycles. The molecule has 0 spiro atoms. The highest BCUT2D eigenvalue weighted by atomic mass is 19.3. The minimum absolute atomic E-state index is 0.0778. The second kappa shape index (κ2) is 5.54. The Labute approximate surface area is 116 Å². The van der Waals surface area contributed by atoms with Gasteiger partial charge in [0.15, 0.2) is 0 Å². The topological polar surface area (TPSA) is 75.6 Å². The molecule has 0 aliphatic heterocycles. The van der Waals surface area contributed by atoms with Gasteiger partial charge in [0.25, 0.3) is 0 Å². The van der Waals surface area contributed by atoms with E-state index in [0.717, 1.165) is 6.42 Å². The largest absolute Gasteiger partial charge is 0.477 e. The van der Waals surface area contributed by atoms with E-state index in [2.05, 4.69) is 5.32 Å². The number of carboxylic acid groups (broad SMARTS) is 1. The Morgan fingerprint density at radius 3 is 2.05 bits per heavy atom. The number of carbonyl (C=O) groups is 2. The Balaban J connectivity index is 2.96. The van der Waals surface area contributed by atoms with Crippen LogP contribution in [0.3, 0.4) is 0 Å². The molecule has 0 unspecified atom stereocenters. The number of halogens is 2. The molecule has 1 rings (SSSR count). The van der Waals surface area contributed by atoms with Crippen LogP contribution in [0, 0.1) is 0 Å². The van der Waals surface area contributed by atoms with Gasteiger partial charge in [-0.2, -0.15) is 8.78 Å². The molecule has 0 aromatic rings. The number of hydrogen-bond acceptors (Lipinski definition) is 3. The molecule has 1 fully saturated rings. The molecule has 7 heteroatoms. The molecular weight excluding hydrogens is 272 g/mol. The summed E-state index contributed by atoms with van der Waals surface area (Å²) in [6.45, 7) is 4.82. The third-order valence-electron chi connectivity index (χ3n) is 3.32. The van der Waals surface area contributed by atoms with Crippen molar-refractivity contribution < 1.29 is 28.2 Å². The third-order valence-corrected chi connectivity index (χ3v) is 3.32. The van der Waals surface area contributed by atoms with Crippen molar-refractivity contribution in [1.29, 1.82) is 0 Å².